The third-order valence-corrected chi connectivity index (χ3v) is 4.88. The Labute approximate surface area is 160 Å². The number of rotatable bonds is 3. The quantitative estimate of drug-likeness (QED) is 0.713. The molecule has 3 heterocycles. The molecule has 0 saturated carbocycles. The van der Waals surface area contributed by atoms with Crippen molar-refractivity contribution in [1.82, 2.24) is 15.3 Å². The zero-order valence-corrected chi connectivity index (χ0v) is 14.9. The maximum atomic E-state index is 13.5. The third-order valence-electron chi connectivity index (χ3n) is 4.88. The topological polar surface area (TPSA) is 74.0 Å². The number of nitrogens with one attached hydrogen (secondary N) is 1. The van der Waals surface area contributed by atoms with Crippen LogP contribution in [-0.4, -0.2) is 21.8 Å². The molecule has 0 fully saturated rings. The van der Waals surface area contributed by atoms with E-state index in [0.717, 1.165) is 5.56 Å². The average molecular weight is 375 g/mol. The predicted octanol–water partition coefficient (Wildman–Crippen LogP) is 3.31. The summed E-state index contributed by atoms with van der Waals surface area (Å²) in [5.74, 6) is -0.447. The van der Waals surface area contributed by atoms with Gasteiger partial charge in [0.05, 0.1) is 17.7 Å². The standard InChI is InChI=1S/C21H15F2N5/c1-13-21(15-2-5-17(22)6-3-15,16-4-7-19(23)26-12-16)28-20(27-13)18-10-14(11-24)8-9-25-18/h2-10,12-13H,1H3,(H,27,28)/t13?,21-/m0/s1. The summed E-state index contributed by atoms with van der Waals surface area (Å²) >= 11 is 0. The first-order valence-corrected chi connectivity index (χ1v) is 8.63. The van der Waals surface area contributed by atoms with E-state index < -0.39 is 11.5 Å². The van der Waals surface area contributed by atoms with E-state index in [1.54, 1.807) is 36.5 Å². The number of benzene rings is 1. The van der Waals surface area contributed by atoms with E-state index in [0.29, 0.717) is 22.7 Å². The Morgan fingerprint density at radius 1 is 1.04 bits per heavy atom. The van der Waals surface area contributed by atoms with Crippen molar-refractivity contribution in [1.29, 1.82) is 5.26 Å². The molecular formula is C21H15F2N5. The Morgan fingerprint density at radius 2 is 1.79 bits per heavy atom. The van der Waals surface area contributed by atoms with Crippen LogP contribution in [0.25, 0.3) is 0 Å². The van der Waals surface area contributed by atoms with Gasteiger partial charge in [-0.15, -0.1) is 0 Å². The van der Waals surface area contributed by atoms with E-state index in [1.165, 1.54) is 24.4 Å². The van der Waals surface area contributed by atoms with Crippen LogP contribution in [0.15, 0.2) is 65.9 Å². The number of aromatic nitrogens is 2. The van der Waals surface area contributed by atoms with Gasteiger partial charge in [0.25, 0.3) is 0 Å². The number of halogens is 2. The molecule has 0 radical (unpaired) electrons. The minimum absolute atomic E-state index is 0.326. The number of amidine groups is 1. The van der Waals surface area contributed by atoms with Crippen molar-refractivity contribution in [3.8, 4) is 6.07 Å². The first-order valence-electron chi connectivity index (χ1n) is 8.63. The summed E-state index contributed by atoms with van der Waals surface area (Å²) in [6, 6.07) is 14.0. The van der Waals surface area contributed by atoms with Crippen molar-refractivity contribution >= 4 is 5.84 Å². The minimum Gasteiger partial charge on any atom is -0.353 e. The fourth-order valence-electron chi connectivity index (χ4n) is 3.49. The summed E-state index contributed by atoms with van der Waals surface area (Å²) in [6.07, 6.45) is 2.99. The monoisotopic (exact) mass is 375 g/mol. The van der Waals surface area contributed by atoms with E-state index >= 15 is 0 Å². The zero-order chi connectivity index (χ0) is 19.7. The van der Waals surface area contributed by atoms with Gasteiger partial charge in [0.1, 0.15) is 22.9 Å². The number of nitriles is 1. The Balaban J connectivity index is 1.84. The first-order chi connectivity index (χ1) is 13.5. The number of aliphatic imine (C=N–C) groups is 1. The van der Waals surface area contributed by atoms with Gasteiger partial charge in [-0.3, -0.25) is 9.98 Å². The molecule has 28 heavy (non-hydrogen) atoms. The molecule has 0 aliphatic carbocycles. The van der Waals surface area contributed by atoms with Crippen LogP contribution in [0, 0.1) is 23.1 Å². The van der Waals surface area contributed by atoms with Crippen molar-refractivity contribution in [2.45, 2.75) is 18.5 Å². The molecule has 2 atom stereocenters. The van der Waals surface area contributed by atoms with Gasteiger partial charge in [-0.2, -0.15) is 9.65 Å². The van der Waals surface area contributed by atoms with Crippen LogP contribution in [0.2, 0.25) is 0 Å². The molecule has 2 aromatic heterocycles. The lowest BCUT2D eigenvalue weighted by atomic mass is 9.79. The van der Waals surface area contributed by atoms with E-state index in [1.807, 2.05) is 6.92 Å². The Bertz CT molecular complexity index is 1040. The lowest BCUT2D eigenvalue weighted by Gasteiger charge is -2.34. The second-order valence-electron chi connectivity index (χ2n) is 6.50. The molecule has 0 spiro atoms. The molecule has 1 unspecified atom stereocenters. The number of hydrogen-bond acceptors (Lipinski definition) is 5. The highest BCUT2D eigenvalue weighted by Gasteiger charge is 2.45. The van der Waals surface area contributed by atoms with Crippen LogP contribution in [0.5, 0.6) is 0 Å². The number of pyridine rings is 2. The van der Waals surface area contributed by atoms with Crippen molar-refractivity contribution < 1.29 is 8.78 Å². The van der Waals surface area contributed by atoms with E-state index in [2.05, 4.69) is 21.4 Å². The summed E-state index contributed by atoms with van der Waals surface area (Å²) in [6.45, 7) is 1.90. The fraction of sp³-hybridized carbons (Fsp3) is 0.143. The van der Waals surface area contributed by atoms with Gasteiger partial charge in [-0.25, -0.2) is 9.37 Å². The highest BCUT2D eigenvalue weighted by atomic mass is 19.1. The Morgan fingerprint density at radius 3 is 2.46 bits per heavy atom. The summed E-state index contributed by atoms with van der Waals surface area (Å²) in [5.41, 5.74) is 1.54. The Hall–Kier alpha value is -3.66. The van der Waals surface area contributed by atoms with Gasteiger partial charge in [0.15, 0.2) is 0 Å². The second kappa shape index (κ2) is 6.82. The first kappa shape index (κ1) is 17.7. The molecule has 138 valence electrons. The zero-order valence-electron chi connectivity index (χ0n) is 14.9. The number of nitrogens with zero attached hydrogens (tertiary/aromatic N) is 4. The fourth-order valence-corrected chi connectivity index (χ4v) is 3.49. The lowest BCUT2D eigenvalue weighted by Crippen LogP contribution is -2.48. The SMILES string of the molecule is CC1N=C(c2cc(C#N)ccn2)N[C@@]1(c1ccc(F)cc1)c1ccc(F)nc1. The van der Waals surface area contributed by atoms with Crippen LogP contribution in [0.1, 0.15) is 29.3 Å². The summed E-state index contributed by atoms with van der Waals surface area (Å²) in [4.78, 5) is 12.8. The van der Waals surface area contributed by atoms with Crippen LogP contribution < -0.4 is 5.32 Å². The predicted molar refractivity (Wildman–Crippen MR) is 99.5 cm³/mol. The molecule has 1 aromatic carbocycles. The van der Waals surface area contributed by atoms with Crippen LogP contribution >= 0.6 is 0 Å². The maximum Gasteiger partial charge on any atom is 0.212 e. The van der Waals surface area contributed by atoms with Gasteiger partial charge < -0.3 is 5.32 Å². The Kier molecular flexibility index (Phi) is 4.32. The second-order valence-corrected chi connectivity index (χ2v) is 6.50. The summed E-state index contributed by atoms with van der Waals surface area (Å²) < 4.78 is 26.9. The van der Waals surface area contributed by atoms with Gasteiger partial charge in [-0.1, -0.05) is 18.2 Å². The highest BCUT2D eigenvalue weighted by molar-refractivity contribution is 6.00. The van der Waals surface area contributed by atoms with E-state index in [-0.39, 0.29) is 11.9 Å². The van der Waals surface area contributed by atoms with Crippen molar-refractivity contribution in [3.05, 3.63) is 95.1 Å². The lowest BCUT2D eigenvalue weighted by molar-refractivity contribution is 0.430. The molecule has 1 aliphatic heterocycles. The molecule has 1 aliphatic rings. The van der Waals surface area contributed by atoms with E-state index in [9.17, 15) is 8.78 Å². The smallest absolute Gasteiger partial charge is 0.212 e. The molecule has 0 amide bonds. The van der Waals surface area contributed by atoms with Crippen molar-refractivity contribution in [2.24, 2.45) is 4.99 Å². The largest absolute Gasteiger partial charge is 0.353 e. The number of hydrogen-bond donors (Lipinski definition) is 1. The third kappa shape index (κ3) is 2.89. The van der Waals surface area contributed by atoms with Crippen LogP contribution in [-0.2, 0) is 5.54 Å². The molecule has 4 rings (SSSR count). The molecular weight excluding hydrogens is 360 g/mol. The van der Waals surface area contributed by atoms with Gasteiger partial charge in [-0.05, 0) is 42.8 Å². The van der Waals surface area contributed by atoms with E-state index in [4.69, 9.17) is 10.3 Å². The molecule has 0 saturated heterocycles. The normalized spacial score (nSPS) is 20.9. The molecule has 0 bridgehead atoms. The highest BCUT2D eigenvalue weighted by Crippen LogP contribution is 2.38. The van der Waals surface area contributed by atoms with Gasteiger partial charge in [0, 0.05) is 18.0 Å². The van der Waals surface area contributed by atoms with Crippen molar-refractivity contribution in [3.63, 3.8) is 0 Å². The average Bonchev–Trinajstić information content (AvgIpc) is 3.07. The molecule has 5 nitrogen and oxygen atoms in total. The summed E-state index contributed by atoms with van der Waals surface area (Å²) in [5, 5.41) is 12.5. The minimum atomic E-state index is -0.881. The summed E-state index contributed by atoms with van der Waals surface area (Å²) in [7, 11) is 0. The molecule has 1 N–H and O–H groups in total. The van der Waals surface area contributed by atoms with Gasteiger partial charge >= 0.3 is 0 Å². The van der Waals surface area contributed by atoms with Crippen molar-refractivity contribution in [2.75, 3.05) is 0 Å². The van der Waals surface area contributed by atoms with Crippen LogP contribution in [0.4, 0.5) is 8.78 Å². The van der Waals surface area contributed by atoms with Crippen LogP contribution in [0.3, 0.4) is 0 Å². The van der Waals surface area contributed by atoms with Gasteiger partial charge in [0.2, 0.25) is 5.95 Å². The molecule has 3 aromatic rings. The molecule has 7 heteroatoms. The maximum absolute atomic E-state index is 13.5.